The molecule has 0 fully saturated rings. The molecule has 7 heterocycles. The van der Waals surface area contributed by atoms with Gasteiger partial charge in [0.15, 0.2) is 0 Å². The number of nitrogens with zero attached hydrogens (tertiary/aromatic N) is 7. The third-order valence-corrected chi connectivity index (χ3v) is 26.9. The molecule has 0 radical (unpaired) electrons. The van der Waals surface area contributed by atoms with E-state index in [0.29, 0.717) is 134 Å². The van der Waals surface area contributed by atoms with Gasteiger partial charge in [-0.05, 0) is 187 Å². The molecule has 16 aromatic rings. The Morgan fingerprint density at radius 1 is 0.246 bits per heavy atom. The van der Waals surface area contributed by atoms with Crippen LogP contribution in [0.2, 0.25) is 0 Å². The maximum Gasteiger partial charge on any atom is 0.268 e. The highest BCUT2D eigenvalue weighted by Crippen LogP contribution is 2.52. The van der Waals surface area contributed by atoms with E-state index in [4.69, 9.17) is 9.97 Å². The fourth-order valence-electron chi connectivity index (χ4n) is 21.0. The van der Waals surface area contributed by atoms with Crippen molar-refractivity contribution >= 4 is 159 Å². The molecule has 0 saturated carbocycles. The van der Waals surface area contributed by atoms with Crippen molar-refractivity contribution in [1.82, 2.24) is 28.6 Å². The third kappa shape index (κ3) is 12.2. The SMILES string of the molecule is CCCCCCC(CCCCCC)N1C(=O)c2ccc3c4ccc5c6c(ccc(c7ccc(c2c37)C1=O)c64)C(=O)N(c1ccc(-c2ccc(-n3c(=O)c4c6cc7c(=O)n(C(CCCCCC)CCCCCC)c(=O)c8ccc9c%10ccc%11c(=O)n(C(CCCCCC)CCCCCC)c(=O)c%12cc(c4c3=O)c(c%10c%11%12)c6c9c87)nc2)cn1)C5=O. The van der Waals surface area contributed by atoms with Crippen molar-refractivity contribution in [2.75, 3.05) is 4.90 Å². The van der Waals surface area contributed by atoms with Gasteiger partial charge < -0.3 is 0 Å². The van der Waals surface area contributed by atoms with E-state index in [2.05, 4.69) is 41.5 Å². The molecular weight excluding hydrogens is 1470 g/mol. The molecule has 2 aliphatic heterocycles. The van der Waals surface area contributed by atoms with Crippen LogP contribution in [0, 0.1) is 0 Å². The molecule has 2 aliphatic rings. The number of imide groups is 2. The standard InChI is InChI=1S/C101H101N7O10/c1-7-13-19-25-31-59(32-26-20-14-8-2)104-92(109)68-45-39-62-64-41-47-70-83-71(48-42-65(81(64)83)63-40-46-69(93(104)110)82(68)80(62)63)97(114)107(96(70)113)78-51-37-57(55-102-78)58-38-52-79(103-56-58)108-100(117)90-74-53-76-84-72(94(111)105(98(76)115)60(33-27-21-15-9-3)34-28-22-16-10-4)49-43-66-67-44-50-73-85-77(54-75(91(90)101(108)118)89(87(67)85)88(74)86(66)84)99(116)106(95(73)112)61(35-29-23-17-11-5)36-30-24-18-12-6/h37-56,59-61H,7-36H2,1-6H3. The predicted molar refractivity (Wildman–Crippen MR) is 480 cm³/mol. The lowest BCUT2D eigenvalue weighted by Crippen LogP contribution is -2.47. The minimum absolute atomic E-state index is 0.00332. The summed E-state index contributed by atoms with van der Waals surface area (Å²) in [6.45, 7) is 13.0. The zero-order chi connectivity index (χ0) is 81.6. The van der Waals surface area contributed by atoms with E-state index in [1.807, 2.05) is 60.7 Å². The third-order valence-electron chi connectivity index (χ3n) is 26.9. The summed E-state index contributed by atoms with van der Waals surface area (Å²) in [4.78, 5) is 167. The number of benzene rings is 11. The first-order valence-corrected chi connectivity index (χ1v) is 44.2. The smallest absolute Gasteiger partial charge is 0.268 e. The molecule has 0 bridgehead atoms. The Kier molecular flexibility index (Phi) is 20.9. The molecule has 0 N–H and O–H groups in total. The van der Waals surface area contributed by atoms with E-state index in [-0.39, 0.29) is 74.2 Å². The molecule has 118 heavy (non-hydrogen) atoms. The lowest BCUT2D eigenvalue weighted by atomic mass is 9.81. The molecule has 17 nitrogen and oxygen atoms in total. The first-order chi connectivity index (χ1) is 57.6. The minimum Gasteiger partial charge on any atom is -0.271 e. The minimum atomic E-state index is -0.691. The summed E-state index contributed by atoms with van der Waals surface area (Å²) in [5, 5.41) is 12.5. The number of unbranched alkanes of at least 4 members (excludes halogenated alkanes) is 18. The topological polar surface area (TPSA) is 218 Å². The molecule has 5 aromatic heterocycles. The van der Waals surface area contributed by atoms with Gasteiger partial charge >= 0.3 is 0 Å². The molecule has 4 amide bonds. The second kappa shape index (κ2) is 31.8. The normalized spacial score (nSPS) is 13.6. The summed E-state index contributed by atoms with van der Waals surface area (Å²) in [5.74, 6) is -1.57. The van der Waals surface area contributed by atoms with Gasteiger partial charge in [-0.25, -0.2) is 19.4 Å². The monoisotopic (exact) mass is 1570 g/mol. The number of fused-ring (bicyclic) bond motifs is 6. The summed E-state index contributed by atoms with van der Waals surface area (Å²) in [6.07, 6.45) is 31.1. The number of carbonyl (C=O) groups excluding carboxylic acids is 4. The number of amides is 4. The quantitative estimate of drug-likeness (QED) is 0.0155. The van der Waals surface area contributed by atoms with Gasteiger partial charge in [0.05, 0.1) is 10.8 Å². The van der Waals surface area contributed by atoms with Crippen LogP contribution in [0.4, 0.5) is 5.82 Å². The fraction of sp³-hybridized carbons (Fsp3) is 0.386. The Bertz CT molecular complexity index is 6680. The van der Waals surface area contributed by atoms with E-state index in [1.165, 1.54) is 21.5 Å². The van der Waals surface area contributed by atoms with Gasteiger partial charge in [-0.15, -0.1) is 0 Å². The summed E-state index contributed by atoms with van der Waals surface area (Å²) in [7, 11) is 0. The Morgan fingerprint density at radius 2 is 0.534 bits per heavy atom. The van der Waals surface area contributed by atoms with E-state index in [9.17, 15) is 9.59 Å². The van der Waals surface area contributed by atoms with Crippen LogP contribution in [0.15, 0.2) is 150 Å². The lowest BCUT2D eigenvalue weighted by Gasteiger charge is -2.35. The van der Waals surface area contributed by atoms with Crippen LogP contribution in [0.25, 0.3) is 146 Å². The Balaban J connectivity index is 0.729. The highest BCUT2D eigenvalue weighted by Gasteiger charge is 2.41. The van der Waals surface area contributed by atoms with Crippen molar-refractivity contribution in [3.63, 3.8) is 0 Å². The van der Waals surface area contributed by atoms with E-state index in [1.54, 1.807) is 53.4 Å². The molecule has 0 spiro atoms. The van der Waals surface area contributed by atoms with Gasteiger partial charge in [-0.2, -0.15) is 0 Å². The van der Waals surface area contributed by atoms with Gasteiger partial charge in [0, 0.05) is 107 Å². The summed E-state index contributed by atoms with van der Waals surface area (Å²) in [6, 6.07) is 31.4. The molecule has 11 aromatic carbocycles. The van der Waals surface area contributed by atoms with Crippen LogP contribution in [-0.4, -0.2) is 58.2 Å². The van der Waals surface area contributed by atoms with E-state index < -0.39 is 34.1 Å². The first kappa shape index (κ1) is 77.8. The van der Waals surface area contributed by atoms with Crippen LogP contribution in [0.1, 0.15) is 288 Å². The number of anilines is 1. The van der Waals surface area contributed by atoms with Crippen LogP contribution in [0.3, 0.4) is 0 Å². The molecule has 0 aliphatic carbocycles. The molecule has 18 rings (SSSR count). The van der Waals surface area contributed by atoms with Gasteiger partial charge in [0.25, 0.3) is 57.0 Å². The summed E-state index contributed by atoms with van der Waals surface area (Å²) < 4.78 is 4.01. The summed E-state index contributed by atoms with van der Waals surface area (Å²) in [5.41, 5.74) is -0.304. The van der Waals surface area contributed by atoms with Crippen LogP contribution < -0.4 is 38.3 Å². The van der Waals surface area contributed by atoms with Crippen molar-refractivity contribution in [2.24, 2.45) is 0 Å². The Morgan fingerprint density at radius 3 is 0.873 bits per heavy atom. The number of hydrogen-bond acceptors (Lipinski definition) is 12. The van der Waals surface area contributed by atoms with Crippen molar-refractivity contribution < 1.29 is 19.2 Å². The Hall–Kier alpha value is -11.5. The van der Waals surface area contributed by atoms with E-state index >= 15 is 38.4 Å². The number of carbonyl (C=O) groups is 4. The van der Waals surface area contributed by atoms with Crippen LogP contribution >= 0.6 is 0 Å². The molecular formula is C101H101N7O10. The van der Waals surface area contributed by atoms with Crippen molar-refractivity contribution in [2.45, 2.75) is 252 Å². The highest BCUT2D eigenvalue weighted by molar-refractivity contribution is 6.49. The van der Waals surface area contributed by atoms with Crippen molar-refractivity contribution in [3.8, 4) is 16.9 Å². The second-order valence-electron chi connectivity index (χ2n) is 34.1. The maximum absolute atomic E-state index is 16.1. The maximum atomic E-state index is 16.1. The van der Waals surface area contributed by atoms with E-state index in [0.717, 1.165) is 209 Å². The van der Waals surface area contributed by atoms with Gasteiger partial charge in [-0.1, -0.05) is 232 Å². The lowest BCUT2D eigenvalue weighted by molar-refractivity contribution is 0.0516. The predicted octanol–water partition coefficient (Wildman–Crippen LogP) is 22.8. The molecule has 17 heteroatoms. The van der Waals surface area contributed by atoms with Crippen molar-refractivity contribution in [3.05, 3.63) is 206 Å². The molecule has 0 saturated heterocycles. The largest absolute Gasteiger partial charge is 0.271 e. The molecule has 0 atom stereocenters. The van der Waals surface area contributed by atoms with Gasteiger partial charge in [0.2, 0.25) is 0 Å². The summed E-state index contributed by atoms with van der Waals surface area (Å²) >= 11 is 0. The molecule has 600 valence electrons. The molecule has 0 unspecified atom stereocenters. The average Bonchev–Trinajstić information content (AvgIpc) is 1.17. The number of pyridine rings is 4. The Labute approximate surface area is 682 Å². The number of hydrogen-bond donors (Lipinski definition) is 0. The zero-order valence-corrected chi connectivity index (χ0v) is 68.7. The fourth-order valence-corrected chi connectivity index (χ4v) is 21.0. The van der Waals surface area contributed by atoms with Crippen molar-refractivity contribution in [1.29, 1.82) is 0 Å². The van der Waals surface area contributed by atoms with Crippen LogP contribution in [-0.2, 0) is 0 Å². The number of rotatable bonds is 36. The first-order valence-electron chi connectivity index (χ1n) is 44.2. The zero-order valence-electron chi connectivity index (χ0n) is 68.7. The van der Waals surface area contributed by atoms with Gasteiger partial charge in [-0.3, -0.25) is 62.0 Å². The second-order valence-corrected chi connectivity index (χ2v) is 34.1. The van der Waals surface area contributed by atoms with Crippen LogP contribution in [0.5, 0.6) is 0 Å². The number of aromatic nitrogens is 5. The highest BCUT2D eigenvalue weighted by atomic mass is 16.2. The van der Waals surface area contributed by atoms with Gasteiger partial charge in [0.1, 0.15) is 11.6 Å². The average molecular weight is 1570 g/mol.